The van der Waals surface area contributed by atoms with Gasteiger partial charge in [-0.3, -0.25) is 0 Å². The number of nitrogens with one attached hydrogen (secondary N) is 1. The van der Waals surface area contributed by atoms with Gasteiger partial charge in [0, 0.05) is 24.2 Å². The Hall–Kier alpha value is -0.0800. The minimum Gasteiger partial charge on any atom is -0.311 e. The molecule has 1 N–H and O–H groups in total. The topological polar surface area (TPSA) is 15.3 Å². The summed E-state index contributed by atoms with van der Waals surface area (Å²) in [5.41, 5.74) is 0. The Kier molecular flexibility index (Phi) is 2.61. The molecular formula is C11H22N2. The van der Waals surface area contributed by atoms with Gasteiger partial charge in [-0.15, -0.1) is 0 Å². The van der Waals surface area contributed by atoms with Crippen LogP contribution in [0.1, 0.15) is 39.5 Å². The van der Waals surface area contributed by atoms with Crippen molar-refractivity contribution in [2.45, 2.75) is 63.7 Å². The van der Waals surface area contributed by atoms with E-state index in [-0.39, 0.29) is 0 Å². The van der Waals surface area contributed by atoms with Crippen LogP contribution in [0.5, 0.6) is 0 Å². The second-order valence-electron chi connectivity index (χ2n) is 5.02. The van der Waals surface area contributed by atoms with Gasteiger partial charge in [-0.05, 0) is 46.6 Å². The molecule has 13 heavy (non-hydrogen) atoms. The maximum absolute atomic E-state index is 3.69. The lowest BCUT2D eigenvalue weighted by molar-refractivity contribution is 0.140. The van der Waals surface area contributed by atoms with Crippen LogP contribution in [0.15, 0.2) is 0 Å². The van der Waals surface area contributed by atoms with Gasteiger partial charge in [0.1, 0.15) is 0 Å². The molecule has 2 aliphatic rings. The van der Waals surface area contributed by atoms with Crippen molar-refractivity contribution in [2.24, 2.45) is 0 Å². The predicted octanol–water partition coefficient (Wildman–Crippen LogP) is 1.61. The number of hydrogen-bond acceptors (Lipinski definition) is 2. The highest BCUT2D eigenvalue weighted by Gasteiger charge is 2.35. The van der Waals surface area contributed by atoms with E-state index in [1.165, 1.54) is 25.7 Å². The van der Waals surface area contributed by atoms with Crippen molar-refractivity contribution in [1.82, 2.24) is 10.2 Å². The van der Waals surface area contributed by atoms with E-state index in [0.29, 0.717) is 6.04 Å². The van der Waals surface area contributed by atoms with E-state index in [1.54, 1.807) is 0 Å². The van der Waals surface area contributed by atoms with Gasteiger partial charge in [-0.1, -0.05) is 0 Å². The van der Waals surface area contributed by atoms with Crippen molar-refractivity contribution >= 4 is 0 Å². The molecule has 2 nitrogen and oxygen atoms in total. The normalized spacial score (nSPS) is 39.0. The molecule has 0 spiro atoms. The zero-order valence-electron chi connectivity index (χ0n) is 9.09. The minimum absolute atomic E-state index is 0.697. The zero-order chi connectivity index (χ0) is 9.42. The average Bonchev–Trinajstić information content (AvgIpc) is 2.44. The van der Waals surface area contributed by atoms with Gasteiger partial charge in [0.15, 0.2) is 0 Å². The van der Waals surface area contributed by atoms with Crippen LogP contribution in [0.25, 0.3) is 0 Å². The summed E-state index contributed by atoms with van der Waals surface area (Å²) in [6, 6.07) is 3.18. The average molecular weight is 182 g/mol. The van der Waals surface area contributed by atoms with Gasteiger partial charge in [0.25, 0.3) is 0 Å². The van der Waals surface area contributed by atoms with Crippen LogP contribution in [0.4, 0.5) is 0 Å². The van der Waals surface area contributed by atoms with Crippen LogP contribution in [-0.2, 0) is 0 Å². The molecule has 2 fully saturated rings. The molecule has 0 aromatic carbocycles. The van der Waals surface area contributed by atoms with E-state index in [9.17, 15) is 0 Å². The molecule has 0 aromatic heterocycles. The second kappa shape index (κ2) is 3.58. The summed E-state index contributed by atoms with van der Waals surface area (Å²) >= 11 is 0. The number of piperidine rings is 1. The summed E-state index contributed by atoms with van der Waals surface area (Å²) in [4.78, 5) is 2.55. The van der Waals surface area contributed by atoms with Crippen molar-refractivity contribution < 1.29 is 0 Å². The largest absolute Gasteiger partial charge is 0.311 e. The van der Waals surface area contributed by atoms with Gasteiger partial charge in [0.05, 0.1) is 0 Å². The number of hydrogen-bond donors (Lipinski definition) is 1. The molecule has 2 rings (SSSR count). The first-order valence-corrected chi connectivity index (χ1v) is 5.65. The Bertz CT molecular complexity index is 167. The van der Waals surface area contributed by atoms with E-state index in [2.05, 4.69) is 31.1 Å². The number of nitrogens with zero attached hydrogens (tertiary/aromatic N) is 1. The lowest BCUT2D eigenvalue weighted by Gasteiger charge is -2.37. The highest BCUT2D eigenvalue weighted by Crippen LogP contribution is 2.29. The third kappa shape index (κ3) is 1.89. The maximum Gasteiger partial charge on any atom is 0.0124 e. The summed E-state index contributed by atoms with van der Waals surface area (Å²) < 4.78 is 0. The van der Waals surface area contributed by atoms with Crippen LogP contribution in [0, 0.1) is 0 Å². The van der Waals surface area contributed by atoms with Crippen LogP contribution < -0.4 is 5.32 Å². The first kappa shape index (κ1) is 9.47. The highest BCUT2D eigenvalue weighted by atomic mass is 15.2. The smallest absolute Gasteiger partial charge is 0.0124 e. The van der Waals surface area contributed by atoms with Gasteiger partial charge < -0.3 is 10.2 Å². The molecule has 0 saturated carbocycles. The molecule has 0 radical (unpaired) electrons. The lowest BCUT2D eigenvalue weighted by Crippen LogP contribution is -2.48. The number of fused-ring (bicyclic) bond motifs is 2. The molecule has 0 amide bonds. The molecule has 2 unspecified atom stereocenters. The summed E-state index contributed by atoms with van der Waals surface area (Å²) in [5, 5.41) is 3.69. The summed E-state index contributed by atoms with van der Waals surface area (Å²) in [6.07, 6.45) is 5.55. The third-order valence-electron chi connectivity index (χ3n) is 3.84. The SMILES string of the molecule is CC(C)N(C)C1CC2CCC(C1)N2. The van der Waals surface area contributed by atoms with E-state index in [1.807, 2.05) is 0 Å². The second-order valence-corrected chi connectivity index (χ2v) is 5.02. The van der Waals surface area contributed by atoms with Gasteiger partial charge in [-0.25, -0.2) is 0 Å². The van der Waals surface area contributed by atoms with E-state index in [0.717, 1.165) is 18.1 Å². The molecule has 2 bridgehead atoms. The van der Waals surface area contributed by atoms with E-state index in [4.69, 9.17) is 0 Å². The van der Waals surface area contributed by atoms with Crippen molar-refractivity contribution in [1.29, 1.82) is 0 Å². The molecule has 76 valence electrons. The Morgan fingerprint density at radius 1 is 1.15 bits per heavy atom. The van der Waals surface area contributed by atoms with Gasteiger partial charge >= 0.3 is 0 Å². The number of rotatable bonds is 2. The standard InChI is InChI=1S/C11H22N2/c1-8(2)13(3)11-6-9-4-5-10(7-11)12-9/h8-12H,4-7H2,1-3H3. The van der Waals surface area contributed by atoms with Crippen molar-refractivity contribution in [3.8, 4) is 0 Å². The molecule has 0 aliphatic carbocycles. The first-order valence-electron chi connectivity index (χ1n) is 5.65. The molecule has 0 aromatic rings. The predicted molar refractivity (Wildman–Crippen MR) is 55.9 cm³/mol. The fraction of sp³-hybridized carbons (Fsp3) is 1.00. The molecule has 2 saturated heterocycles. The van der Waals surface area contributed by atoms with Crippen LogP contribution >= 0.6 is 0 Å². The summed E-state index contributed by atoms with van der Waals surface area (Å²) in [7, 11) is 2.28. The fourth-order valence-corrected chi connectivity index (χ4v) is 2.78. The van der Waals surface area contributed by atoms with Gasteiger partial charge in [0.2, 0.25) is 0 Å². The molecular weight excluding hydrogens is 160 g/mol. The Morgan fingerprint density at radius 3 is 2.15 bits per heavy atom. The quantitative estimate of drug-likeness (QED) is 0.698. The lowest BCUT2D eigenvalue weighted by atomic mass is 9.98. The molecule has 2 heteroatoms. The summed E-state index contributed by atoms with van der Waals surface area (Å²) in [5.74, 6) is 0. The molecule has 2 heterocycles. The first-order chi connectivity index (χ1) is 6.16. The van der Waals surface area contributed by atoms with Crippen molar-refractivity contribution in [3.05, 3.63) is 0 Å². The highest BCUT2D eigenvalue weighted by molar-refractivity contribution is 4.95. The third-order valence-corrected chi connectivity index (χ3v) is 3.84. The summed E-state index contributed by atoms with van der Waals surface area (Å²) in [6.45, 7) is 4.59. The molecule has 2 aliphatic heterocycles. The van der Waals surface area contributed by atoms with Crippen molar-refractivity contribution in [2.75, 3.05) is 7.05 Å². The van der Waals surface area contributed by atoms with Crippen molar-refractivity contribution in [3.63, 3.8) is 0 Å². The van der Waals surface area contributed by atoms with Gasteiger partial charge in [-0.2, -0.15) is 0 Å². The molecule has 2 atom stereocenters. The Labute approximate surface area is 81.7 Å². The van der Waals surface area contributed by atoms with E-state index >= 15 is 0 Å². The monoisotopic (exact) mass is 182 g/mol. The zero-order valence-corrected chi connectivity index (χ0v) is 9.09. The fourth-order valence-electron chi connectivity index (χ4n) is 2.78. The van der Waals surface area contributed by atoms with Crippen LogP contribution in [-0.4, -0.2) is 36.1 Å². The Morgan fingerprint density at radius 2 is 1.69 bits per heavy atom. The maximum atomic E-state index is 3.69. The minimum atomic E-state index is 0.697. The Balaban J connectivity index is 1.94. The van der Waals surface area contributed by atoms with E-state index < -0.39 is 0 Å². The van der Waals surface area contributed by atoms with Crippen LogP contribution in [0.2, 0.25) is 0 Å². The van der Waals surface area contributed by atoms with Crippen LogP contribution in [0.3, 0.4) is 0 Å².